The second kappa shape index (κ2) is 27.4. The van der Waals surface area contributed by atoms with Gasteiger partial charge in [-0.05, 0) is 92.5 Å². The zero-order chi connectivity index (χ0) is 56.1. The van der Waals surface area contributed by atoms with Gasteiger partial charge in [-0.3, -0.25) is 24.1 Å². The molecule has 3 aromatic carbocycles. The van der Waals surface area contributed by atoms with Gasteiger partial charge >= 0.3 is 0 Å². The zero-order valence-corrected chi connectivity index (χ0v) is 47.4. The van der Waals surface area contributed by atoms with Crippen LogP contribution in [0.3, 0.4) is 0 Å². The van der Waals surface area contributed by atoms with Crippen molar-refractivity contribution in [2.75, 3.05) is 69.6 Å². The van der Waals surface area contributed by atoms with Gasteiger partial charge in [0.25, 0.3) is 0 Å². The minimum absolute atomic E-state index is 0.0186. The molecule has 19 heteroatoms. The Balaban J connectivity index is 0.669. The molecule has 3 saturated heterocycles. The Labute approximate surface area is 469 Å². The van der Waals surface area contributed by atoms with Crippen molar-refractivity contribution in [3.63, 3.8) is 0 Å². The summed E-state index contributed by atoms with van der Waals surface area (Å²) in [4.78, 5) is 67.7. The average molecular weight is 1100 g/mol. The minimum Gasteiger partial charge on any atom is -0.507 e. The van der Waals surface area contributed by atoms with E-state index in [2.05, 4.69) is 47.7 Å². The predicted octanol–water partition coefficient (Wildman–Crippen LogP) is 7.93. The van der Waals surface area contributed by atoms with E-state index < -0.39 is 23.6 Å². The molecule has 0 saturated carbocycles. The topological polar surface area (TPSA) is 229 Å². The van der Waals surface area contributed by atoms with Crippen molar-refractivity contribution in [2.45, 2.75) is 136 Å². The second-order valence-electron chi connectivity index (χ2n) is 22.4. The van der Waals surface area contributed by atoms with Crippen LogP contribution in [-0.4, -0.2) is 147 Å². The Hall–Kier alpha value is -6.83. The van der Waals surface area contributed by atoms with E-state index in [4.69, 9.17) is 15.2 Å². The number of para-hydroxylation sites is 1. The number of phenols is 1. The lowest BCUT2D eigenvalue weighted by atomic mass is 9.85. The number of carbonyl (C=O) groups is 4. The van der Waals surface area contributed by atoms with Gasteiger partial charge < -0.3 is 50.8 Å². The summed E-state index contributed by atoms with van der Waals surface area (Å²) in [6.07, 6.45) is 7.07. The molecule has 0 aliphatic carbocycles. The van der Waals surface area contributed by atoms with Crippen molar-refractivity contribution in [3.8, 4) is 38.9 Å². The largest absolute Gasteiger partial charge is 0.507 e. The first-order chi connectivity index (χ1) is 38.0. The molecule has 0 spiro atoms. The van der Waals surface area contributed by atoms with Crippen molar-refractivity contribution < 1.29 is 38.9 Å². The SMILES string of the molecule is Cc1ncsc1-c1ccc(C(C)NC(=O)C2CC(O)CN2C(=O)C(NC(=O)CCCCCCCCC(=O)N2CCN(CCOc3ccc(N4CCCC(Oc5cc(-c6ccccc6O)nnc5N)C4)cc3)CC2)C(C)(C)C)cc1. The number of aryl methyl sites for hydroxylation is 1. The molecule has 3 fully saturated rings. The summed E-state index contributed by atoms with van der Waals surface area (Å²) in [6, 6.07) is 22.8. The van der Waals surface area contributed by atoms with Crippen LogP contribution in [0, 0.1) is 12.3 Å². The Bertz CT molecular complexity index is 2820. The first-order valence-electron chi connectivity index (χ1n) is 28.2. The fourth-order valence-corrected chi connectivity index (χ4v) is 11.5. The van der Waals surface area contributed by atoms with E-state index in [-0.39, 0.29) is 66.7 Å². The number of nitrogen functional groups attached to an aromatic ring is 1. The number of likely N-dealkylation sites (tertiary alicyclic amines) is 1. The molecule has 3 aliphatic heterocycles. The van der Waals surface area contributed by atoms with Crippen LogP contribution in [0.2, 0.25) is 0 Å². The van der Waals surface area contributed by atoms with Crippen LogP contribution in [0.1, 0.15) is 116 Å². The molecule has 2 aromatic heterocycles. The average Bonchev–Trinajstić information content (AvgIpc) is 4.23. The molecule has 18 nitrogen and oxygen atoms in total. The minimum atomic E-state index is -0.872. The standard InChI is InChI=1S/C60H80N10O8S/c1-40(42-20-22-43(23-21-42)55-41(2)62-39-79-55)63-58(75)50-35-45(71)37-70(50)59(76)56(60(3,4)5)64-53(73)18-10-8-6-7-9-11-19-54(74)68-31-29-67(30-32-68)33-34-77-46-26-24-44(25-27-46)69-28-14-15-47(38-69)78-52-36-49(65-66-57(52)61)48-16-12-13-17-51(48)72/h12-13,16-17,20-27,36,39-40,45,47,50,56,71-72H,6-11,14-15,18-19,28-35,37-38H2,1-5H3,(H2,61,66)(H,63,75)(H,64,73). The van der Waals surface area contributed by atoms with Gasteiger partial charge in [-0.1, -0.05) is 82.9 Å². The maximum Gasteiger partial charge on any atom is 0.246 e. The molecule has 5 unspecified atom stereocenters. The van der Waals surface area contributed by atoms with E-state index in [1.807, 2.05) is 87.5 Å². The number of β-amino-alcohol motifs (C(OH)–C–C–N with tert-alkyl or cyclic N) is 1. The molecule has 79 heavy (non-hydrogen) atoms. The van der Waals surface area contributed by atoms with Gasteiger partial charge in [0.05, 0.1) is 34.8 Å². The van der Waals surface area contributed by atoms with Crippen LogP contribution in [-0.2, 0) is 19.2 Å². The third-order valence-corrected chi connectivity index (χ3v) is 16.3. The van der Waals surface area contributed by atoms with E-state index in [1.54, 1.807) is 35.6 Å². The summed E-state index contributed by atoms with van der Waals surface area (Å²) in [5.41, 5.74) is 12.4. The highest BCUT2D eigenvalue weighted by Crippen LogP contribution is 2.34. The van der Waals surface area contributed by atoms with Gasteiger partial charge in [0.2, 0.25) is 23.6 Å². The number of piperidine rings is 1. The molecule has 5 atom stereocenters. The number of nitrogens with one attached hydrogen (secondary N) is 2. The highest BCUT2D eigenvalue weighted by molar-refractivity contribution is 7.13. The normalized spacial score (nSPS) is 18.7. The van der Waals surface area contributed by atoms with Crippen LogP contribution >= 0.6 is 11.3 Å². The van der Waals surface area contributed by atoms with Crippen molar-refractivity contribution in [1.82, 2.24) is 40.5 Å². The van der Waals surface area contributed by atoms with E-state index in [0.717, 1.165) is 104 Å². The molecule has 6 N–H and O–H groups in total. The van der Waals surface area contributed by atoms with Gasteiger partial charge in [0.15, 0.2) is 11.6 Å². The molecule has 0 bridgehead atoms. The molecule has 0 radical (unpaired) electrons. The quantitative estimate of drug-likeness (QED) is 0.0392. The summed E-state index contributed by atoms with van der Waals surface area (Å²) in [7, 11) is 0. The van der Waals surface area contributed by atoms with E-state index in [0.29, 0.717) is 56.1 Å². The van der Waals surface area contributed by atoms with Gasteiger partial charge in [-0.15, -0.1) is 21.5 Å². The summed E-state index contributed by atoms with van der Waals surface area (Å²) in [5.74, 6) is 0.859. The smallest absolute Gasteiger partial charge is 0.246 e. The molecule has 4 amide bonds. The number of aromatic nitrogens is 3. The molecule has 5 heterocycles. The molecule has 8 rings (SSSR count). The number of aliphatic hydroxyl groups excluding tert-OH is 1. The highest BCUT2D eigenvalue weighted by atomic mass is 32.1. The fraction of sp³-hybridized carbons (Fsp3) is 0.517. The van der Waals surface area contributed by atoms with Crippen molar-refractivity contribution >= 4 is 46.5 Å². The number of phenolic OH excluding ortho intramolecular Hbond substituents is 1. The molecular formula is C60H80N10O8S. The van der Waals surface area contributed by atoms with Crippen LogP contribution in [0.25, 0.3) is 21.7 Å². The Morgan fingerprint density at radius 2 is 1.57 bits per heavy atom. The number of piperazine rings is 1. The number of aliphatic hydroxyl groups is 1. The number of thiazole rings is 1. The van der Waals surface area contributed by atoms with Crippen LogP contribution in [0.5, 0.6) is 17.2 Å². The number of rotatable bonds is 23. The fourth-order valence-electron chi connectivity index (χ4n) is 10.7. The number of unbranched alkanes of at least 4 members (excludes halogenated alkanes) is 5. The lowest BCUT2D eigenvalue weighted by molar-refractivity contribution is -0.144. The summed E-state index contributed by atoms with van der Waals surface area (Å²) < 4.78 is 12.5. The Morgan fingerprint density at radius 3 is 2.27 bits per heavy atom. The number of ether oxygens (including phenoxy) is 2. The van der Waals surface area contributed by atoms with Gasteiger partial charge in [-0.2, -0.15) is 0 Å². The number of hydrogen-bond donors (Lipinski definition) is 5. The van der Waals surface area contributed by atoms with E-state index in [9.17, 15) is 29.4 Å². The lowest BCUT2D eigenvalue weighted by Crippen LogP contribution is -2.57. The Kier molecular flexibility index (Phi) is 20.2. The zero-order valence-electron chi connectivity index (χ0n) is 46.6. The highest BCUT2D eigenvalue weighted by Gasteiger charge is 2.45. The van der Waals surface area contributed by atoms with Crippen molar-refractivity contribution in [3.05, 3.63) is 95.6 Å². The van der Waals surface area contributed by atoms with Crippen LogP contribution < -0.4 is 30.7 Å². The summed E-state index contributed by atoms with van der Waals surface area (Å²) in [5, 5.41) is 35.3. The number of anilines is 2. The summed E-state index contributed by atoms with van der Waals surface area (Å²) in [6.45, 7) is 15.5. The first-order valence-corrected chi connectivity index (χ1v) is 29.0. The van der Waals surface area contributed by atoms with Gasteiger partial charge in [-0.25, -0.2) is 4.98 Å². The van der Waals surface area contributed by atoms with Crippen molar-refractivity contribution in [2.24, 2.45) is 5.41 Å². The third-order valence-electron chi connectivity index (χ3n) is 15.3. The molecule has 424 valence electrons. The maximum atomic E-state index is 14.1. The number of aromatic hydroxyl groups is 1. The van der Waals surface area contributed by atoms with Gasteiger partial charge in [0.1, 0.15) is 42.0 Å². The number of carbonyl (C=O) groups excluding carboxylic acids is 4. The van der Waals surface area contributed by atoms with E-state index in [1.165, 1.54) is 4.90 Å². The monoisotopic (exact) mass is 1100 g/mol. The molecular weight excluding hydrogens is 1020 g/mol. The molecule has 3 aliphatic rings. The third kappa shape index (κ3) is 15.9. The number of amides is 4. The number of benzene rings is 3. The number of hydrogen-bond acceptors (Lipinski definition) is 15. The van der Waals surface area contributed by atoms with Crippen molar-refractivity contribution in [1.29, 1.82) is 0 Å². The number of nitrogens with zero attached hydrogens (tertiary/aromatic N) is 7. The Morgan fingerprint density at radius 1 is 0.861 bits per heavy atom. The van der Waals surface area contributed by atoms with Crippen LogP contribution in [0.4, 0.5) is 11.5 Å². The maximum absolute atomic E-state index is 14.1. The van der Waals surface area contributed by atoms with E-state index >= 15 is 0 Å². The lowest BCUT2D eigenvalue weighted by Gasteiger charge is -2.35. The second-order valence-corrected chi connectivity index (χ2v) is 23.2. The predicted molar refractivity (Wildman–Crippen MR) is 308 cm³/mol. The summed E-state index contributed by atoms with van der Waals surface area (Å²) >= 11 is 1.58. The molecule has 5 aromatic rings. The van der Waals surface area contributed by atoms with Crippen LogP contribution in [0.15, 0.2) is 84.4 Å². The number of nitrogens with two attached hydrogens (primary N) is 1. The first kappa shape index (κ1) is 58.3. The van der Waals surface area contributed by atoms with Gasteiger partial charge in [0, 0.05) is 82.4 Å².